The minimum absolute atomic E-state index is 0.185. The molecule has 0 saturated carbocycles. The van der Waals surface area contributed by atoms with Gasteiger partial charge in [0.15, 0.2) is 11.6 Å². The van der Waals surface area contributed by atoms with E-state index in [9.17, 15) is 8.78 Å². The average molecular weight is 436 g/mol. The SMILES string of the molecule is CN/C=C(\C=C(/C)OC)c1cnc2[nH]cc(-c3oncc3C3=CC=CC(F)=C(F)C3)c2c1. The number of aromatic nitrogens is 3. The first kappa shape index (κ1) is 21.3. The summed E-state index contributed by atoms with van der Waals surface area (Å²) < 4.78 is 38.5. The number of halogens is 2. The van der Waals surface area contributed by atoms with E-state index in [1.54, 1.807) is 25.6 Å². The molecule has 0 unspecified atom stereocenters. The number of allylic oxidation sites excluding steroid dienone is 9. The first-order valence-corrected chi connectivity index (χ1v) is 9.95. The Hall–Kier alpha value is -3.94. The molecule has 0 fully saturated rings. The molecule has 0 atom stereocenters. The highest BCUT2D eigenvalue weighted by atomic mass is 19.2. The van der Waals surface area contributed by atoms with E-state index in [0.717, 1.165) is 33.9 Å². The lowest BCUT2D eigenvalue weighted by Gasteiger charge is -2.07. The first-order chi connectivity index (χ1) is 15.5. The smallest absolute Gasteiger partial charge is 0.176 e. The molecule has 0 aliphatic heterocycles. The third-order valence-corrected chi connectivity index (χ3v) is 5.15. The minimum Gasteiger partial charge on any atom is -0.501 e. The topological polar surface area (TPSA) is 76.0 Å². The summed E-state index contributed by atoms with van der Waals surface area (Å²) in [5.74, 6) is -0.512. The zero-order chi connectivity index (χ0) is 22.7. The number of rotatable bonds is 6. The first-order valence-electron chi connectivity index (χ1n) is 9.95. The van der Waals surface area contributed by atoms with Crippen molar-refractivity contribution in [2.24, 2.45) is 0 Å². The van der Waals surface area contributed by atoms with Crippen LogP contribution in [0.15, 0.2) is 77.1 Å². The van der Waals surface area contributed by atoms with Gasteiger partial charge in [0.1, 0.15) is 11.5 Å². The van der Waals surface area contributed by atoms with Crippen LogP contribution in [0, 0.1) is 0 Å². The van der Waals surface area contributed by atoms with E-state index in [4.69, 9.17) is 9.26 Å². The van der Waals surface area contributed by atoms with Crippen molar-refractivity contribution in [1.82, 2.24) is 20.4 Å². The summed E-state index contributed by atoms with van der Waals surface area (Å²) >= 11 is 0. The van der Waals surface area contributed by atoms with Gasteiger partial charge in [-0.25, -0.2) is 13.8 Å². The average Bonchev–Trinajstić information content (AvgIpc) is 3.40. The molecule has 6 nitrogen and oxygen atoms in total. The predicted octanol–water partition coefficient (Wildman–Crippen LogP) is 5.82. The molecule has 0 spiro atoms. The highest BCUT2D eigenvalue weighted by Gasteiger charge is 2.21. The van der Waals surface area contributed by atoms with E-state index < -0.39 is 11.7 Å². The highest BCUT2D eigenvalue weighted by Crippen LogP contribution is 2.38. The number of ether oxygens (including phenoxy) is 1. The van der Waals surface area contributed by atoms with Crippen molar-refractivity contribution in [3.05, 3.63) is 83.7 Å². The van der Waals surface area contributed by atoms with Crippen LogP contribution in [0.1, 0.15) is 24.5 Å². The van der Waals surface area contributed by atoms with Gasteiger partial charge < -0.3 is 19.6 Å². The quantitative estimate of drug-likeness (QED) is 0.376. The molecule has 32 heavy (non-hydrogen) atoms. The van der Waals surface area contributed by atoms with Gasteiger partial charge in [-0.3, -0.25) is 0 Å². The van der Waals surface area contributed by atoms with Crippen LogP contribution >= 0.6 is 0 Å². The fourth-order valence-electron chi connectivity index (χ4n) is 3.49. The molecular formula is C24H22F2N4O2. The van der Waals surface area contributed by atoms with E-state index in [1.807, 2.05) is 32.3 Å². The van der Waals surface area contributed by atoms with Gasteiger partial charge in [-0.1, -0.05) is 17.3 Å². The molecule has 3 aromatic heterocycles. The van der Waals surface area contributed by atoms with Gasteiger partial charge in [-0.15, -0.1) is 0 Å². The van der Waals surface area contributed by atoms with E-state index in [1.165, 1.54) is 12.3 Å². The third kappa shape index (κ3) is 4.12. The standard InChI is InChI=1S/C24H22F2N4O2/c1-14(31-3)7-16(10-27-2)17-8-18-20(12-29-24(18)28-11-17)23-19(13-30-32-23)15-5-4-6-21(25)22(26)9-15/h4-8,10-13,27H,9H2,1-3H3,(H,28,29)/b14-7+,16-10+. The minimum atomic E-state index is -0.876. The Morgan fingerprint density at radius 2 is 2.12 bits per heavy atom. The van der Waals surface area contributed by atoms with Crippen LogP contribution in [0.25, 0.3) is 33.5 Å². The largest absolute Gasteiger partial charge is 0.501 e. The summed E-state index contributed by atoms with van der Waals surface area (Å²) in [5, 5.41) is 7.76. The zero-order valence-electron chi connectivity index (χ0n) is 17.9. The summed E-state index contributed by atoms with van der Waals surface area (Å²) in [6, 6.07) is 1.98. The second-order valence-corrected chi connectivity index (χ2v) is 7.22. The van der Waals surface area contributed by atoms with Crippen molar-refractivity contribution < 1.29 is 18.0 Å². The van der Waals surface area contributed by atoms with Crippen LogP contribution in [0.5, 0.6) is 0 Å². The Bertz CT molecular complexity index is 1310. The Labute approximate surface area is 183 Å². The molecule has 8 heteroatoms. The molecule has 0 radical (unpaired) electrons. The second kappa shape index (κ2) is 9.05. The number of H-pyrrole nitrogens is 1. The number of fused-ring (bicyclic) bond motifs is 1. The molecule has 0 bridgehead atoms. The molecule has 3 aromatic rings. The maximum atomic E-state index is 14.1. The van der Waals surface area contributed by atoms with Crippen molar-refractivity contribution >= 4 is 22.2 Å². The van der Waals surface area contributed by atoms with Crippen LogP contribution in [0.3, 0.4) is 0 Å². The fourth-order valence-corrected chi connectivity index (χ4v) is 3.49. The van der Waals surface area contributed by atoms with Crippen LogP contribution in [0.4, 0.5) is 8.78 Å². The van der Waals surface area contributed by atoms with Gasteiger partial charge in [-0.2, -0.15) is 0 Å². The van der Waals surface area contributed by atoms with Gasteiger partial charge >= 0.3 is 0 Å². The van der Waals surface area contributed by atoms with Gasteiger partial charge in [0, 0.05) is 59.7 Å². The molecule has 164 valence electrons. The van der Waals surface area contributed by atoms with Crippen LogP contribution in [-0.4, -0.2) is 29.3 Å². The fraction of sp³-hybridized carbons (Fsp3) is 0.167. The van der Waals surface area contributed by atoms with Gasteiger partial charge in [0.25, 0.3) is 0 Å². The molecular weight excluding hydrogens is 414 g/mol. The molecule has 0 amide bonds. The van der Waals surface area contributed by atoms with Crippen molar-refractivity contribution in [2.45, 2.75) is 13.3 Å². The van der Waals surface area contributed by atoms with E-state index in [0.29, 0.717) is 22.5 Å². The van der Waals surface area contributed by atoms with Gasteiger partial charge in [-0.05, 0) is 30.7 Å². The number of pyridine rings is 1. The Morgan fingerprint density at radius 3 is 2.91 bits per heavy atom. The summed E-state index contributed by atoms with van der Waals surface area (Å²) in [6.07, 6.45) is 12.8. The lowest BCUT2D eigenvalue weighted by molar-refractivity contribution is 0.294. The number of nitrogens with one attached hydrogen (secondary N) is 2. The normalized spacial score (nSPS) is 15.2. The second-order valence-electron chi connectivity index (χ2n) is 7.22. The van der Waals surface area contributed by atoms with Crippen LogP contribution < -0.4 is 5.32 Å². The summed E-state index contributed by atoms with van der Waals surface area (Å²) in [7, 11) is 3.43. The molecule has 2 N–H and O–H groups in total. The van der Waals surface area contributed by atoms with Crippen molar-refractivity contribution in [2.75, 3.05) is 14.2 Å². The maximum absolute atomic E-state index is 14.1. The number of nitrogens with zero attached hydrogens (tertiary/aromatic N) is 2. The van der Waals surface area contributed by atoms with Gasteiger partial charge in [0.05, 0.1) is 19.1 Å². The zero-order valence-corrected chi connectivity index (χ0v) is 17.9. The molecule has 4 rings (SSSR count). The van der Waals surface area contributed by atoms with Crippen molar-refractivity contribution in [1.29, 1.82) is 0 Å². The third-order valence-electron chi connectivity index (χ3n) is 5.15. The summed E-state index contributed by atoms with van der Waals surface area (Å²) in [4.78, 5) is 7.66. The van der Waals surface area contributed by atoms with E-state index >= 15 is 0 Å². The summed E-state index contributed by atoms with van der Waals surface area (Å²) in [5.41, 5.74) is 4.28. The van der Waals surface area contributed by atoms with Crippen LogP contribution in [0.2, 0.25) is 0 Å². The van der Waals surface area contributed by atoms with E-state index in [2.05, 4.69) is 20.4 Å². The number of aromatic amines is 1. The molecule has 0 aromatic carbocycles. The van der Waals surface area contributed by atoms with Crippen LogP contribution in [-0.2, 0) is 4.74 Å². The monoisotopic (exact) mass is 436 g/mol. The van der Waals surface area contributed by atoms with Gasteiger partial charge in [0.2, 0.25) is 0 Å². The predicted molar refractivity (Wildman–Crippen MR) is 120 cm³/mol. The lowest BCUT2D eigenvalue weighted by Crippen LogP contribution is -1.97. The molecule has 1 aliphatic rings. The lowest BCUT2D eigenvalue weighted by atomic mass is 9.98. The van der Waals surface area contributed by atoms with E-state index in [-0.39, 0.29) is 6.42 Å². The van der Waals surface area contributed by atoms with Crippen molar-refractivity contribution in [3.8, 4) is 11.3 Å². The summed E-state index contributed by atoms with van der Waals surface area (Å²) in [6.45, 7) is 1.86. The number of hydrogen-bond donors (Lipinski definition) is 2. The Morgan fingerprint density at radius 1 is 1.28 bits per heavy atom. The Balaban J connectivity index is 1.80. The Kier molecular flexibility index (Phi) is 6.02. The maximum Gasteiger partial charge on any atom is 0.176 e. The molecule has 3 heterocycles. The number of hydrogen-bond acceptors (Lipinski definition) is 5. The van der Waals surface area contributed by atoms with Crippen molar-refractivity contribution in [3.63, 3.8) is 0 Å². The molecule has 0 saturated heterocycles. The highest BCUT2D eigenvalue weighted by molar-refractivity contribution is 5.97. The number of methoxy groups -OCH3 is 1. The molecule has 1 aliphatic carbocycles.